The molecule has 0 spiro atoms. The van der Waals surface area contributed by atoms with Crippen molar-refractivity contribution < 1.29 is 28.6 Å². The van der Waals surface area contributed by atoms with Crippen LogP contribution in [0.3, 0.4) is 0 Å². The van der Waals surface area contributed by atoms with Gasteiger partial charge in [0, 0.05) is 19.3 Å². The standard InChI is InChI=1S/C45H76O6/c1-4-7-10-13-16-19-20-21-22-23-24-25-26-27-30-33-36-39-45(48)51-42(40-49-43(46)37-34-31-28-17-14-11-8-5-2)41-50-44(47)38-35-32-29-18-15-12-9-6-3/h7,10,16,19,21-22,24-25,27,30,42H,4-6,8-9,11-15,17-18,20,23,26,28-29,31-41H2,1-3H3/b10-7-,19-16-,22-21-,25-24-,30-27-. The van der Waals surface area contributed by atoms with Gasteiger partial charge in [0.25, 0.3) is 0 Å². The summed E-state index contributed by atoms with van der Waals surface area (Å²) in [7, 11) is 0. The van der Waals surface area contributed by atoms with E-state index in [1.54, 1.807) is 0 Å². The molecular formula is C45H76O6. The molecule has 0 N–H and O–H groups in total. The minimum Gasteiger partial charge on any atom is -0.462 e. The first-order valence-corrected chi connectivity index (χ1v) is 20.8. The summed E-state index contributed by atoms with van der Waals surface area (Å²) in [5.41, 5.74) is 0. The van der Waals surface area contributed by atoms with Crippen LogP contribution in [0.4, 0.5) is 0 Å². The van der Waals surface area contributed by atoms with Gasteiger partial charge in [-0.05, 0) is 57.8 Å². The molecule has 0 saturated carbocycles. The Bertz CT molecular complexity index is 924. The summed E-state index contributed by atoms with van der Waals surface area (Å²) in [4.78, 5) is 37.4. The minimum absolute atomic E-state index is 0.0958. The van der Waals surface area contributed by atoms with E-state index >= 15 is 0 Å². The van der Waals surface area contributed by atoms with Crippen LogP contribution in [0, 0.1) is 0 Å². The SMILES string of the molecule is CC/C=C\C/C=C\C/C=C\C/C=C\C/C=C\CCCC(=O)OC(COC(=O)CCCCCCCCCC)COC(=O)CCCCCCCCCC. The second kappa shape index (κ2) is 39.9. The lowest BCUT2D eigenvalue weighted by molar-refractivity contribution is -0.167. The zero-order valence-electron chi connectivity index (χ0n) is 33.1. The van der Waals surface area contributed by atoms with Gasteiger partial charge < -0.3 is 14.2 Å². The maximum absolute atomic E-state index is 12.6. The van der Waals surface area contributed by atoms with Crippen molar-refractivity contribution in [3.05, 3.63) is 60.8 Å². The van der Waals surface area contributed by atoms with E-state index in [0.29, 0.717) is 19.3 Å². The maximum atomic E-state index is 12.6. The van der Waals surface area contributed by atoms with Crippen molar-refractivity contribution in [2.45, 2.75) is 194 Å². The molecule has 0 unspecified atom stereocenters. The molecule has 0 bridgehead atoms. The van der Waals surface area contributed by atoms with Crippen LogP contribution in [0.5, 0.6) is 0 Å². The van der Waals surface area contributed by atoms with Crippen molar-refractivity contribution in [3.8, 4) is 0 Å². The lowest BCUT2D eigenvalue weighted by atomic mass is 10.1. The molecule has 0 aromatic heterocycles. The van der Waals surface area contributed by atoms with E-state index in [0.717, 1.165) is 77.0 Å². The van der Waals surface area contributed by atoms with Crippen molar-refractivity contribution in [2.75, 3.05) is 13.2 Å². The summed E-state index contributed by atoms with van der Waals surface area (Å²) in [6.07, 6.45) is 46.5. The van der Waals surface area contributed by atoms with E-state index < -0.39 is 6.10 Å². The summed E-state index contributed by atoms with van der Waals surface area (Å²) in [6, 6.07) is 0. The molecule has 0 heterocycles. The van der Waals surface area contributed by atoms with Gasteiger partial charge in [0.15, 0.2) is 6.10 Å². The highest BCUT2D eigenvalue weighted by Crippen LogP contribution is 2.12. The molecule has 51 heavy (non-hydrogen) atoms. The first-order chi connectivity index (χ1) is 25.0. The molecule has 0 aliphatic rings. The lowest BCUT2D eigenvalue weighted by Gasteiger charge is -2.18. The predicted molar refractivity (Wildman–Crippen MR) is 215 cm³/mol. The van der Waals surface area contributed by atoms with Gasteiger partial charge in [0.1, 0.15) is 13.2 Å². The number of carbonyl (C=O) groups excluding carboxylic acids is 3. The highest BCUT2D eigenvalue weighted by Gasteiger charge is 2.19. The quantitative estimate of drug-likeness (QED) is 0.0278. The van der Waals surface area contributed by atoms with Crippen LogP contribution in [-0.2, 0) is 28.6 Å². The largest absolute Gasteiger partial charge is 0.462 e. The molecule has 0 saturated heterocycles. The van der Waals surface area contributed by atoms with Gasteiger partial charge in [-0.3, -0.25) is 14.4 Å². The number of esters is 3. The third-order valence-electron chi connectivity index (χ3n) is 8.54. The molecule has 0 aromatic rings. The molecule has 0 rings (SSSR count). The second-order valence-electron chi connectivity index (χ2n) is 13.5. The van der Waals surface area contributed by atoms with Crippen molar-refractivity contribution in [1.82, 2.24) is 0 Å². The topological polar surface area (TPSA) is 78.9 Å². The van der Waals surface area contributed by atoms with E-state index in [-0.39, 0.29) is 37.5 Å². The van der Waals surface area contributed by atoms with Gasteiger partial charge in [0.05, 0.1) is 0 Å². The summed E-state index contributed by atoms with van der Waals surface area (Å²) in [6.45, 7) is 6.39. The Balaban J connectivity index is 4.44. The van der Waals surface area contributed by atoms with Gasteiger partial charge in [0.2, 0.25) is 0 Å². The van der Waals surface area contributed by atoms with Crippen LogP contribution in [0.15, 0.2) is 60.8 Å². The zero-order valence-corrected chi connectivity index (χ0v) is 33.1. The molecule has 0 radical (unpaired) electrons. The van der Waals surface area contributed by atoms with Gasteiger partial charge in [-0.1, -0.05) is 171 Å². The lowest BCUT2D eigenvalue weighted by Crippen LogP contribution is -2.30. The number of ether oxygens (including phenoxy) is 3. The Hall–Kier alpha value is -2.89. The first kappa shape index (κ1) is 48.1. The Kier molecular flexibility index (Phi) is 37.6. The van der Waals surface area contributed by atoms with Crippen LogP contribution < -0.4 is 0 Å². The Morgan fingerprint density at radius 3 is 1.18 bits per heavy atom. The number of hydrogen-bond acceptors (Lipinski definition) is 6. The second-order valence-corrected chi connectivity index (χ2v) is 13.5. The molecule has 6 heteroatoms. The van der Waals surface area contributed by atoms with Crippen molar-refractivity contribution in [3.63, 3.8) is 0 Å². The Labute approximate surface area is 313 Å². The fourth-order valence-corrected chi connectivity index (χ4v) is 5.42. The van der Waals surface area contributed by atoms with Crippen LogP contribution in [0.2, 0.25) is 0 Å². The normalized spacial score (nSPS) is 12.1. The number of carbonyl (C=O) groups is 3. The van der Waals surface area contributed by atoms with Crippen LogP contribution in [0.1, 0.15) is 188 Å². The number of allylic oxidation sites excluding steroid dienone is 10. The van der Waals surface area contributed by atoms with Crippen LogP contribution >= 0.6 is 0 Å². The summed E-state index contributed by atoms with van der Waals surface area (Å²) >= 11 is 0. The zero-order chi connectivity index (χ0) is 37.3. The highest BCUT2D eigenvalue weighted by atomic mass is 16.6. The molecule has 0 aromatic carbocycles. The smallest absolute Gasteiger partial charge is 0.306 e. The van der Waals surface area contributed by atoms with E-state index in [2.05, 4.69) is 81.5 Å². The molecule has 0 aliphatic heterocycles. The van der Waals surface area contributed by atoms with Gasteiger partial charge in [-0.25, -0.2) is 0 Å². The van der Waals surface area contributed by atoms with Gasteiger partial charge in [-0.15, -0.1) is 0 Å². The highest BCUT2D eigenvalue weighted by molar-refractivity contribution is 5.71. The molecular weight excluding hydrogens is 636 g/mol. The molecule has 6 nitrogen and oxygen atoms in total. The van der Waals surface area contributed by atoms with Crippen molar-refractivity contribution in [2.24, 2.45) is 0 Å². The third kappa shape index (κ3) is 38.2. The summed E-state index contributed by atoms with van der Waals surface area (Å²) in [5.74, 6) is -0.970. The molecule has 0 atom stereocenters. The van der Waals surface area contributed by atoms with Crippen molar-refractivity contribution in [1.29, 1.82) is 0 Å². The van der Waals surface area contributed by atoms with E-state index in [4.69, 9.17) is 14.2 Å². The molecule has 0 fully saturated rings. The maximum Gasteiger partial charge on any atom is 0.306 e. The monoisotopic (exact) mass is 713 g/mol. The summed E-state index contributed by atoms with van der Waals surface area (Å²) < 4.78 is 16.5. The Morgan fingerprint density at radius 1 is 0.412 bits per heavy atom. The Morgan fingerprint density at radius 2 is 0.765 bits per heavy atom. The van der Waals surface area contributed by atoms with Crippen molar-refractivity contribution >= 4 is 17.9 Å². The minimum atomic E-state index is -0.795. The van der Waals surface area contributed by atoms with Crippen LogP contribution in [-0.4, -0.2) is 37.2 Å². The van der Waals surface area contributed by atoms with E-state index in [1.165, 1.54) is 64.2 Å². The van der Waals surface area contributed by atoms with E-state index in [1.807, 2.05) is 0 Å². The third-order valence-corrected chi connectivity index (χ3v) is 8.54. The predicted octanol–water partition coefficient (Wildman–Crippen LogP) is 13.0. The molecule has 0 amide bonds. The van der Waals surface area contributed by atoms with Gasteiger partial charge >= 0.3 is 17.9 Å². The number of unbranched alkanes of at least 4 members (excludes halogenated alkanes) is 15. The van der Waals surface area contributed by atoms with E-state index in [9.17, 15) is 14.4 Å². The van der Waals surface area contributed by atoms with Crippen LogP contribution in [0.25, 0.3) is 0 Å². The first-order valence-electron chi connectivity index (χ1n) is 20.8. The number of rotatable bonds is 36. The average Bonchev–Trinajstić information content (AvgIpc) is 3.12. The average molecular weight is 713 g/mol. The molecule has 292 valence electrons. The summed E-state index contributed by atoms with van der Waals surface area (Å²) in [5, 5.41) is 0. The van der Waals surface area contributed by atoms with Gasteiger partial charge in [-0.2, -0.15) is 0 Å². The molecule has 0 aliphatic carbocycles. The fourth-order valence-electron chi connectivity index (χ4n) is 5.42. The fraction of sp³-hybridized carbons (Fsp3) is 0.711. The number of hydrogen-bond donors (Lipinski definition) is 0.